The normalized spacial score (nSPS) is 17.4. The Balaban J connectivity index is 1.59. The SMILES string of the molecule is Cn1nc(NS(C)(=O)=O)c2c(Cl)ccc(-c3ccc(C#CC4(C)CN(C(=O)OC(C)(C)C)CCO4)nc3[C@@H](N)Cc3cc(F)cc(F)c3)c21. The summed E-state index contributed by atoms with van der Waals surface area (Å²) >= 11 is 6.56. The lowest BCUT2D eigenvalue weighted by molar-refractivity contribution is -0.0671. The molecule has 49 heavy (non-hydrogen) atoms. The molecule has 0 saturated carbocycles. The molecule has 3 heterocycles. The van der Waals surface area contributed by atoms with E-state index in [9.17, 15) is 22.0 Å². The molecule has 5 rings (SSSR count). The quantitative estimate of drug-likeness (QED) is 0.248. The van der Waals surface area contributed by atoms with Crippen LogP contribution in [0.3, 0.4) is 0 Å². The van der Waals surface area contributed by atoms with E-state index < -0.39 is 45.0 Å². The van der Waals surface area contributed by atoms with Crippen LogP contribution in [0.15, 0.2) is 42.5 Å². The molecule has 1 fully saturated rings. The van der Waals surface area contributed by atoms with Crippen LogP contribution in [0.5, 0.6) is 0 Å². The largest absolute Gasteiger partial charge is 0.444 e. The highest BCUT2D eigenvalue weighted by atomic mass is 35.5. The van der Waals surface area contributed by atoms with Crippen molar-refractivity contribution >= 4 is 44.4 Å². The summed E-state index contributed by atoms with van der Waals surface area (Å²) in [5, 5.41) is 4.98. The smallest absolute Gasteiger partial charge is 0.410 e. The van der Waals surface area contributed by atoms with Gasteiger partial charge in [0, 0.05) is 30.8 Å². The minimum Gasteiger partial charge on any atom is -0.444 e. The molecule has 1 aliphatic rings. The Morgan fingerprint density at radius 2 is 1.86 bits per heavy atom. The van der Waals surface area contributed by atoms with E-state index in [1.807, 2.05) is 0 Å². The second-order valence-corrected chi connectivity index (χ2v) is 15.3. The number of aryl methyl sites for hydroxylation is 1. The van der Waals surface area contributed by atoms with Crippen molar-refractivity contribution in [1.82, 2.24) is 19.7 Å². The summed E-state index contributed by atoms with van der Waals surface area (Å²) in [6.07, 6.45) is 0.572. The first-order chi connectivity index (χ1) is 22.8. The second kappa shape index (κ2) is 13.5. The zero-order valence-corrected chi connectivity index (χ0v) is 29.5. The predicted molar refractivity (Wildman–Crippen MR) is 183 cm³/mol. The molecular weight excluding hydrogens is 678 g/mol. The van der Waals surface area contributed by atoms with Crippen LogP contribution in [0.1, 0.15) is 50.7 Å². The summed E-state index contributed by atoms with van der Waals surface area (Å²) in [6, 6.07) is 9.11. The predicted octanol–water partition coefficient (Wildman–Crippen LogP) is 5.56. The van der Waals surface area contributed by atoms with Crippen LogP contribution in [-0.2, 0) is 33.0 Å². The Morgan fingerprint density at radius 1 is 1.18 bits per heavy atom. The Morgan fingerprint density at radius 3 is 2.51 bits per heavy atom. The van der Waals surface area contributed by atoms with Crippen molar-refractivity contribution in [3.05, 3.63) is 76.1 Å². The molecule has 260 valence electrons. The number of benzene rings is 2. The van der Waals surface area contributed by atoms with Gasteiger partial charge < -0.3 is 20.1 Å². The third kappa shape index (κ3) is 8.66. The van der Waals surface area contributed by atoms with E-state index in [4.69, 9.17) is 31.8 Å². The van der Waals surface area contributed by atoms with Crippen LogP contribution in [0.25, 0.3) is 22.0 Å². The first-order valence-corrected chi connectivity index (χ1v) is 17.6. The van der Waals surface area contributed by atoms with Gasteiger partial charge in [-0.2, -0.15) is 5.10 Å². The van der Waals surface area contributed by atoms with Crippen molar-refractivity contribution in [3.63, 3.8) is 0 Å². The third-order valence-corrected chi connectivity index (χ3v) is 8.42. The molecule has 0 aliphatic carbocycles. The van der Waals surface area contributed by atoms with Crippen molar-refractivity contribution in [1.29, 1.82) is 0 Å². The number of carbonyl (C=O) groups excluding carboxylic acids is 1. The third-order valence-electron chi connectivity index (χ3n) is 7.54. The van der Waals surface area contributed by atoms with E-state index in [1.165, 1.54) is 16.8 Å². The lowest BCUT2D eigenvalue weighted by Crippen LogP contribution is -2.52. The summed E-state index contributed by atoms with van der Waals surface area (Å²) in [5.41, 5.74) is 7.65. The maximum Gasteiger partial charge on any atom is 0.410 e. The number of carbonyl (C=O) groups is 1. The van der Waals surface area contributed by atoms with Crippen molar-refractivity contribution < 1.29 is 31.5 Å². The van der Waals surface area contributed by atoms with Crippen LogP contribution >= 0.6 is 11.6 Å². The van der Waals surface area contributed by atoms with Gasteiger partial charge in [-0.25, -0.2) is 27.0 Å². The number of nitrogens with one attached hydrogen (secondary N) is 1. The van der Waals surface area contributed by atoms with Crippen molar-refractivity contribution in [2.24, 2.45) is 12.8 Å². The maximum atomic E-state index is 14.1. The molecule has 1 amide bonds. The first-order valence-electron chi connectivity index (χ1n) is 15.3. The fourth-order valence-electron chi connectivity index (χ4n) is 5.60. The van der Waals surface area contributed by atoms with Gasteiger partial charge in [-0.15, -0.1) is 0 Å². The highest BCUT2D eigenvalue weighted by Gasteiger charge is 2.35. The Labute approximate surface area is 288 Å². The van der Waals surface area contributed by atoms with Crippen LogP contribution in [0, 0.1) is 23.5 Å². The van der Waals surface area contributed by atoms with E-state index in [2.05, 4.69) is 21.7 Å². The lowest BCUT2D eigenvalue weighted by Gasteiger charge is -2.37. The van der Waals surface area contributed by atoms with Crippen molar-refractivity contribution in [3.8, 4) is 23.0 Å². The highest BCUT2D eigenvalue weighted by molar-refractivity contribution is 7.92. The monoisotopic (exact) mass is 714 g/mol. The topological polar surface area (TPSA) is 142 Å². The molecule has 2 aromatic heterocycles. The maximum absolute atomic E-state index is 14.1. The van der Waals surface area contributed by atoms with Crippen molar-refractivity contribution in [2.45, 2.75) is 51.4 Å². The Hall–Kier alpha value is -4.29. The molecule has 2 atom stereocenters. The van der Waals surface area contributed by atoms with Crippen LogP contribution in [0.4, 0.5) is 19.4 Å². The highest BCUT2D eigenvalue weighted by Crippen LogP contribution is 2.39. The van der Waals surface area contributed by atoms with Crippen LogP contribution in [-0.4, -0.2) is 71.3 Å². The standard InChI is InChI=1S/C34H37ClF2N6O5S/c1-33(2,3)48-32(44)43-13-14-47-34(4,19-43)12-11-23-7-8-24(29(39-23)27(38)17-20-15-21(36)18-22(37)16-20)25-9-10-26(35)28-30(25)42(5)40-31(28)41-49(6,45)46/h7-10,15-16,18,27H,13-14,17,19,38H2,1-6H3,(H,40,41)/t27-,34?/m0/s1. The number of sulfonamides is 1. The number of hydrogen-bond donors (Lipinski definition) is 2. The molecule has 0 bridgehead atoms. The summed E-state index contributed by atoms with van der Waals surface area (Å²) in [5.74, 6) is 4.72. The number of fused-ring (bicyclic) bond motifs is 1. The number of pyridine rings is 1. The molecular formula is C34H37ClF2N6O5S. The van der Waals surface area contributed by atoms with E-state index in [-0.39, 0.29) is 30.4 Å². The van der Waals surface area contributed by atoms with Gasteiger partial charge in [0.1, 0.15) is 28.5 Å². The van der Waals surface area contributed by atoms with Crippen LogP contribution < -0.4 is 10.5 Å². The molecule has 0 spiro atoms. The number of rotatable bonds is 6. The number of nitrogens with two attached hydrogens (primary N) is 1. The van der Waals surface area contributed by atoms with Crippen molar-refractivity contribution in [2.75, 3.05) is 30.7 Å². The number of anilines is 1. The number of amides is 1. The molecule has 1 aliphatic heterocycles. The molecule has 1 unspecified atom stereocenters. The fraction of sp³-hybridized carbons (Fsp3) is 0.382. The molecule has 2 aromatic carbocycles. The molecule has 4 aromatic rings. The molecule has 11 nitrogen and oxygen atoms in total. The zero-order chi connectivity index (χ0) is 35.9. The summed E-state index contributed by atoms with van der Waals surface area (Å²) in [6.45, 7) is 7.92. The van der Waals surface area contributed by atoms with E-state index >= 15 is 0 Å². The summed E-state index contributed by atoms with van der Waals surface area (Å²) in [4.78, 5) is 19.1. The molecule has 3 N–H and O–H groups in total. The number of aromatic nitrogens is 3. The second-order valence-electron chi connectivity index (χ2n) is 13.1. The minimum atomic E-state index is -3.69. The number of ether oxygens (including phenoxy) is 2. The van der Waals surface area contributed by atoms with Gasteiger partial charge in [0.05, 0.1) is 47.1 Å². The van der Waals surface area contributed by atoms with E-state index in [1.54, 1.807) is 63.9 Å². The molecule has 1 saturated heterocycles. The summed E-state index contributed by atoms with van der Waals surface area (Å²) in [7, 11) is -2.05. The van der Waals surface area contributed by atoms with Gasteiger partial charge in [0.25, 0.3) is 0 Å². The van der Waals surface area contributed by atoms with Gasteiger partial charge in [0.2, 0.25) is 10.0 Å². The van der Waals surface area contributed by atoms with Gasteiger partial charge in [-0.3, -0.25) is 9.40 Å². The lowest BCUT2D eigenvalue weighted by atomic mass is 9.94. The number of hydrogen-bond acceptors (Lipinski definition) is 8. The fourth-order valence-corrected chi connectivity index (χ4v) is 6.34. The average molecular weight is 715 g/mol. The van der Waals surface area contributed by atoms with E-state index in [0.29, 0.717) is 45.5 Å². The van der Waals surface area contributed by atoms with Crippen LogP contribution in [0.2, 0.25) is 5.02 Å². The van der Waals surface area contributed by atoms with Gasteiger partial charge in [-0.05, 0) is 75.9 Å². The van der Waals surface area contributed by atoms with E-state index in [0.717, 1.165) is 12.3 Å². The van der Waals surface area contributed by atoms with Gasteiger partial charge >= 0.3 is 6.09 Å². The molecule has 0 radical (unpaired) electrons. The first kappa shape index (κ1) is 36.0. The Bertz CT molecular complexity index is 2090. The Kier molecular flexibility index (Phi) is 9.96. The van der Waals surface area contributed by atoms with Gasteiger partial charge in [-0.1, -0.05) is 23.6 Å². The van der Waals surface area contributed by atoms with Gasteiger partial charge in [0.15, 0.2) is 5.82 Å². The number of nitrogens with zero attached hydrogens (tertiary/aromatic N) is 4. The summed E-state index contributed by atoms with van der Waals surface area (Å²) < 4.78 is 67.8. The number of morpholine rings is 1. The minimum absolute atomic E-state index is 0.0280. The average Bonchev–Trinajstić information content (AvgIpc) is 3.29. The molecule has 15 heteroatoms. The number of halogens is 3. The zero-order valence-electron chi connectivity index (χ0n) is 27.9.